The highest BCUT2D eigenvalue weighted by molar-refractivity contribution is 6.30. The number of carboxylic acid groups (broad SMARTS) is 2. The molecule has 0 aromatic heterocycles. The van der Waals surface area contributed by atoms with Crippen LogP contribution in [0.25, 0.3) is 0 Å². The zero-order valence-corrected chi connectivity index (χ0v) is 13.4. The molecule has 4 aliphatic rings. The molecular formula is C16H23ClO4. The van der Waals surface area contributed by atoms with E-state index in [1.807, 2.05) is 0 Å². The fourth-order valence-electron chi connectivity index (χ4n) is 7.08. The van der Waals surface area contributed by atoms with Gasteiger partial charge in [-0.05, 0) is 60.2 Å². The Balaban J connectivity index is 2.05. The standard InChI is InChI=1S/C16H23ClO4/c1-13-4-14(2)6-15(5-13,3-10(18)19)9-16(7-13,8-14)11(17)12(20)21/h11H,3-9H2,1-2H3,(H,18,19)(H,20,21)/t11-,13+,14+,15?,16?/m1/s1. The number of aliphatic carboxylic acids is 2. The molecule has 0 amide bonds. The predicted molar refractivity (Wildman–Crippen MR) is 78.3 cm³/mol. The van der Waals surface area contributed by atoms with Gasteiger partial charge in [0.25, 0.3) is 0 Å². The summed E-state index contributed by atoms with van der Waals surface area (Å²) < 4.78 is 0. The van der Waals surface area contributed by atoms with Gasteiger partial charge in [0.15, 0.2) is 0 Å². The molecule has 0 saturated heterocycles. The van der Waals surface area contributed by atoms with E-state index in [1.165, 1.54) is 0 Å². The van der Waals surface area contributed by atoms with Crippen molar-refractivity contribution in [2.75, 3.05) is 0 Å². The van der Waals surface area contributed by atoms with Crippen LogP contribution < -0.4 is 0 Å². The lowest BCUT2D eigenvalue weighted by atomic mass is 9.35. The van der Waals surface area contributed by atoms with E-state index in [9.17, 15) is 19.8 Å². The summed E-state index contributed by atoms with van der Waals surface area (Å²) in [4.78, 5) is 22.9. The summed E-state index contributed by atoms with van der Waals surface area (Å²) in [5, 5.41) is 17.8. The van der Waals surface area contributed by atoms with Crippen molar-refractivity contribution in [3.8, 4) is 0 Å². The van der Waals surface area contributed by atoms with Gasteiger partial charge in [-0.2, -0.15) is 0 Å². The van der Waals surface area contributed by atoms with E-state index in [1.54, 1.807) is 0 Å². The lowest BCUT2D eigenvalue weighted by molar-refractivity contribution is -0.199. The number of carbonyl (C=O) groups is 2. The van der Waals surface area contributed by atoms with Gasteiger partial charge in [-0.3, -0.25) is 9.59 Å². The van der Waals surface area contributed by atoms with Crippen LogP contribution >= 0.6 is 11.6 Å². The highest BCUT2D eigenvalue weighted by Crippen LogP contribution is 2.75. The summed E-state index contributed by atoms with van der Waals surface area (Å²) in [6, 6.07) is 0. The number of halogens is 1. The van der Waals surface area contributed by atoms with Crippen molar-refractivity contribution >= 4 is 23.5 Å². The number of hydrogen-bond donors (Lipinski definition) is 2. The monoisotopic (exact) mass is 314 g/mol. The number of alkyl halides is 1. The fourth-order valence-corrected chi connectivity index (χ4v) is 7.31. The Morgan fingerprint density at radius 1 is 1.00 bits per heavy atom. The van der Waals surface area contributed by atoms with Crippen LogP contribution in [0.2, 0.25) is 0 Å². The summed E-state index contributed by atoms with van der Waals surface area (Å²) in [6.07, 6.45) is 5.28. The average Bonchev–Trinajstić information content (AvgIpc) is 2.20. The van der Waals surface area contributed by atoms with Crippen molar-refractivity contribution in [1.29, 1.82) is 0 Å². The first-order valence-electron chi connectivity index (χ1n) is 7.60. The molecule has 4 nitrogen and oxygen atoms in total. The zero-order valence-electron chi connectivity index (χ0n) is 12.6. The SMILES string of the molecule is C[C@]12CC3(CC(=O)O)CC([C@H](Cl)C(=O)O)(C1)C[C@](C)(C3)C2. The largest absolute Gasteiger partial charge is 0.481 e. The van der Waals surface area contributed by atoms with Crippen molar-refractivity contribution < 1.29 is 19.8 Å². The van der Waals surface area contributed by atoms with Gasteiger partial charge in [-0.15, -0.1) is 11.6 Å². The second-order valence-corrected chi connectivity index (χ2v) is 9.25. The summed E-state index contributed by atoms with van der Waals surface area (Å²) in [5.74, 6) is -1.74. The van der Waals surface area contributed by atoms with Crippen LogP contribution in [0.5, 0.6) is 0 Å². The third-order valence-corrected chi connectivity index (χ3v) is 6.67. The Morgan fingerprint density at radius 2 is 1.52 bits per heavy atom. The molecule has 0 spiro atoms. The molecule has 0 aromatic carbocycles. The molecule has 4 aliphatic carbocycles. The van der Waals surface area contributed by atoms with E-state index in [0.717, 1.165) is 32.1 Å². The van der Waals surface area contributed by atoms with Crippen molar-refractivity contribution in [1.82, 2.24) is 0 Å². The van der Waals surface area contributed by atoms with Crippen LogP contribution in [0, 0.1) is 21.7 Å². The highest BCUT2D eigenvalue weighted by atomic mass is 35.5. The van der Waals surface area contributed by atoms with Gasteiger partial charge in [0.05, 0.1) is 6.42 Å². The third-order valence-electron chi connectivity index (χ3n) is 6.02. The molecule has 0 aliphatic heterocycles. The lowest BCUT2D eigenvalue weighted by Gasteiger charge is -2.70. The minimum atomic E-state index is -0.962. The first-order valence-corrected chi connectivity index (χ1v) is 8.04. The molecule has 0 heterocycles. The predicted octanol–water partition coefficient (Wildman–Crippen LogP) is 3.52. The Kier molecular flexibility index (Phi) is 2.99. The Labute approximate surface area is 129 Å². The molecule has 0 unspecified atom stereocenters. The van der Waals surface area contributed by atoms with Gasteiger partial charge in [0.2, 0.25) is 0 Å². The maximum atomic E-state index is 11.5. The minimum absolute atomic E-state index is 0.0293. The molecule has 4 saturated carbocycles. The van der Waals surface area contributed by atoms with Gasteiger partial charge in [-0.25, -0.2) is 0 Å². The van der Waals surface area contributed by atoms with E-state index in [2.05, 4.69) is 13.8 Å². The molecule has 5 heteroatoms. The van der Waals surface area contributed by atoms with E-state index < -0.39 is 22.7 Å². The maximum absolute atomic E-state index is 11.5. The van der Waals surface area contributed by atoms with Crippen LogP contribution in [0.1, 0.15) is 58.8 Å². The maximum Gasteiger partial charge on any atom is 0.322 e. The number of rotatable bonds is 4. The van der Waals surface area contributed by atoms with Crippen molar-refractivity contribution in [2.24, 2.45) is 21.7 Å². The Bertz CT molecular complexity index is 496. The van der Waals surface area contributed by atoms with Crippen LogP contribution in [0.3, 0.4) is 0 Å². The Hall–Kier alpha value is -0.770. The van der Waals surface area contributed by atoms with Crippen LogP contribution in [-0.4, -0.2) is 27.5 Å². The molecule has 2 N–H and O–H groups in total. The van der Waals surface area contributed by atoms with E-state index in [0.29, 0.717) is 6.42 Å². The minimum Gasteiger partial charge on any atom is -0.481 e. The molecule has 0 aromatic rings. The zero-order chi connectivity index (χ0) is 15.7. The average molecular weight is 315 g/mol. The van der Waals surface area contributed by atoms with E-state index in [4.69, 9.17) is 11.6 Å². The van der Waals surface area contributed by atoms with Gasteiger partial charge < -0.3 is 10.2 Å². The third kappa shape index (κ3) is 2.26. The van der Waals surface area contributed by atoms with Gasteiger partial charge in [0, 0.05) is 0 Å². The summed E-state index contributed by atoms with van der Waals surface area (Å²) >= 11 is 6.31. The molecule has 21 heavy (non-hydrogen) atoms. The molecule has 3 atom stereocenters. The van der Waals surface area contributed by atoms with Crippen molar-refractivity contribution in [3.05, 3.63) is 0 Å². The molecule has 4 bridgehead atoms. The van der Waals surface area contributed by atoms with E-state index in [-0.39, 0.29) is 22.7 Å². The second kappa shape index (κ2) is 4.15. The van der Waals surface area contributed by atoms with Crippen molar-refractivity contribution in [3.63, 3.8) is 0 Å². The smallest absolute Gasteiger partial charge is 0.322 e. The van der Waals surface area contributed by atoms with Crippen molar-refractivity contribution in [2.45, 2.75) is 64.2 Å². The molecular weight excluding hydrogens is 292 g/mol. The number of hydrogen-bond acceptors (Lipinski definition) is 2. The molecule has 4 fully saturated rings. The summed E-state index contributed by atoms with van der Waals surface area (Å²) in [5.41, 5.74) is -0.656. The lowest BCUT2D eigenvalue weighted by Crippen LogP contribution is -2.63. The van der Waals surface area contributed by atoms with Gasteiger partial charge in [0.1, 0.15) is 5.38 Å². The first-order chi connectivity index (χ1) is 9.51. The molecule has 118 valence electrons. The molecule has 0 radical (unpaired) electrons. The van der Waals surface area contributed by atoms with Gasteiger partial charge in [-0.1, -0.05) is 13.8 Å². The first kappa shape index (κ1) is 15.1. The normalized spacial score (nSPS) is 49.1. The van der Waals surface area contributed by atoms with Crippen LogP contribution in [0.15, 0.2) is 0 Å². The van der Waals surface area contributed by atoms with Crippen LogP contribution in [-0.2, 0) is 9.59 Å². The second-order valence-electron chi connectivity index (χ2n) is 8.82. The Morgan fingerprint density at radius 3 is 1.95 bits per heavy atom. The number of carboxylic acids is 2. The van der Waals surface area contributed by atoms with Crippen LogP contribution in [0.4, 0.5) is 0 Å². The van der Waals surface area contributed by atoms with Gasteiger partial charge >= 0.3 is 11.9 Å². The topological polar surface area (TPSA) is 74.6 Å². The van der Waals surface area contributed by atoms with E-state index >= 15 is 0 Å². The molecule has 4 rings (SSSR count). The quantitative estimate of drug-likeness (QED) is 0.779. The fraction of sp³-hybridized carbons (Fsp3) is 0.875. The summed E-state index contributed by atoms with van der Waals surface area (Å²) in [6.45, 7) is 4.39. The summed E-state index contributed by atoms with van der Waals surface area (Å²) in [7, 11) is 0. The highest BCUT2D eigenvalue weighted by Gasteiger charge is 2.68.